The predicted octanol–water partition coefficient (Wildman–Crippen LogP) is 4.29. The van der Waals surface area contributed by atoms with E-state index in [1.165, 1.54) is 0 Å². The second-order valence-corrected chi connectivity index (χ2v) is 12.3. The van der Waals surface area contributed by atoms with Crippen LogP contribution in [0, 0.1) is 0 Å². The molecule has 0 amide bonds. The molecule has 1 fully saturated rings. The number of allylic oxidation sites excluding steroid dienone is 2. The highest BCUT2D eigenvalue weighted by molar-refractivity contribution is 6.74. The number of hydrogen-bond acceptors (Lipinski definition) is 4. The zero-order valence-corrected chi connectivity index (χ0v) is 17.0. The molecule has 1 rings (SSSR count). The van der Waals surface area contributed by atoms with E-state index in [0.717, 1.165) is 0 Å². The summed E-state index contributed by atoms with van der Waals surface area (Å²) in [6, 6.07) is 0. The third-order valence-electron chi connectivity index (χ3n) is 4.67. The van der Waals surface area contributed by atoms with Crippen molar-refractivity contribution < 1.29 is 18.6 Å². The van der Waals surface area contributed by atoms with Gasteiger partial charge in [0.25, 0.3) is 0 Å². The van der Waals surface area contributed by atoms with E-state index >= 15 is 0 Å². The Morgan fingerprint density at radius 3 is 1.96 bits per heavy atom. The molecule has 0 N–H and O–H groups in total. The maximum absolute atomic E-state index is 6.66. The second kappa shape index (κ2) is 8.58. The van der Waals surface area contributed by atoms with Crippen LogP contribution in [0.5, 0.6) is 0 Å². The van der Waals surface area contributed by atoms with Crippen LogP contribution in [0.3, 0.4) is 0 Å². The van der Waals surface area contributed by atoms with Gasteiger partial charge in [-0.15, -0.1) is 0 Å². The Bertz CT molecular complexity index is 412. The van der Waals surface area contributed by atoms with Crippen LogP contribution in [0.2, 0.25) is 18.1 Å². The van der Waals surface area contributed by atoms with E-state index in [-0.39, 0.29) is 36.2 Å². The summed E-state index contributed by atoms with van der Waals surface area (Å²) in [5.41, 5.74) is 0. The molecule has 23 heavy (non-hydrogen) atoms. The standard InChI is InChI=1S/C18H34O4Si/c1-9-11-14-16(20-13-19-6)17(15(21-14)12-10-2)22-23(7,8)18(3,4)5/h9-12,14-17H,13H2,1-8H3/b11-9+,12-10+/t14-,15+,16-,17-/m0/s1. The molecule has 1 saturated heterocycles. The summed E-state index contributed by atoms with van der Waals surface area (Å²) in [5.74, 6) is 0. The molecule has 0 spiro atoms. The number of hydrogen-bond donors (Lipinski definition) is 0. The molecule has 0 unspecified atom stereocenters. The van der Waals surface area contributed by atoms with Crippen LogP contribution >= 0.6 is 0 Å². The van der Waals surface area contributed by atoms with E-state index in [9.17, 15) is 0 Å². The Balaban J connectivity index is 3.07. The van der Waals surface area contributed by atoms with Crippen LogP contribution in [0.4, 0.5) is 0 Å². The molecule has 0 bridgehead atoms. The van der Waals surface area contributed by atoms with Crippen LogP contribution in [0.15, 0.2) is 24.3 Å². The van der Waals surface area contributed by atoms with Crippen molar-refractivity contribution in [1.82, 2.24) is 0 Å². The summed E-state index contributed by atoms with van der Waals surface area (Å²) in [7, 11) is -0.301. The first-order chi connectivity index (χ1) is 10.7. The normalized spacial score (nSPS) is 29.9. The van der Waals surface area contributed by atoms with Gasteiger partial charge in [-0.25, -0.2) is 0 Å². The number of methoxy groups -OCH3 is 1. The zero-order valence-electron chi connectivity index (χ0n) is 16.0. The van der Waals surface area contributed by atoms with Gasteiger partial charge in [0.2, 0.25) is 0 Å². The lowest BCUT2D eigenvalue weighted by Gasteiger charge is -2.40. The fourth-order valence-electron chi connectivity index (χ4n) is 2.39. The van der Waals surface area contributed by atoms with Crippen LogP contribution in [-0.2, 0) is 18.6 Å². The zero-order chi connectivity index (χ0) is 17.7. The molecule has 1 heterocycles. The van der Waals surface area contributed by atoms with Crippen LogP contribution in [0.25, 0.3) is 0 Å². The molecule has 4 nitrogen and oxygen atoms in total. The fourth-order valence-corrected chi connectivity index (χ4v) is 3.69. The van der Waals surface area contributed by atoms with Gasteiger partial charge in [-0.3, -0.25) is 0 Å². The van der Waals surface area contributed by atoms with Gasteiger partial charge >= 0.3 is 0 Å². The van der Waals surface area contributed by atoms with Gasteiger partial charge < -0.3 is 18.6 Å². The SMILES string of the molecule is C/C=C/[C@@H]1O[C@H](/C=C/C)[C@H](O[Si](C)(C)C(C)(C)C)[C@H]1OCOC. The summed E-state index contributed by atoms with van der Waals surface area (Å²) >= 11 is 0. The summed E-state index contributed by atoms with van der Waals surface area (Å²) in [4.78, 5) is 0. The lowest BCUT2D eigenvalue weighted by molar-refractivity contribution is -0.105. The highest BCUT2D eigenvalue weighted by atomic mass is 28.4. The van der Waals surface area contributed by atoms with Gasteiger partial charge in [0.1, 0.15) is 31.2 Å². The van der Waals surface area contributed by atoms with E-state index in [2.05, 4.69) is 39.9 Å². The van der Waals surface area contributed by atoms with E-state index in [4.69, 9.17) is 18.6 Å². The first kappa shape index (κ1) is 20.6. The fraction of sp³-hybridized carbons (Fsp3) is 0.778. The van der Waals surface area contributed by atoms with Gasteiger partial charge in [0.05, 0.1) is 0 Å². The van der Waals surface area contributed by atoms with Gasteiger partial charge in [-0.05, 0) is 32.0 Å². The average molecular weight is 343 g/mol. The molecule has 0 aromatic heterocycles. The molecule has 134 valence electrons. The van der Waals surface area contributed by atoms with Crippen molar-refractivity contribution in [2.24, 2.45) is 0 Å². The minimum atomic E-state index is -1.93. The van der Waals surface area contributed by atoms with Gasteiger partial charge in [0, 0.05) is 7.11 Å². The van der Waals surface area contributed by atoms with Crippen molar-refractivity contribution >= 4 is 8.32 Å². The molecule has 0 aromatic rings. The van der Waals surface area contributed by atoms with Crippen molar-refractivity contribution in [3.8, 4) is 0 Å². The molecule has 5 heteroatoms. The Kier molecular flexibility index (Phi) is 7.68. The van der Waals surface area contributed by atoms with Crippen LogP contribution < -0.4 is 0 Å². The quantitative estimate of drug-likeness (QED) is 0.393. The van der Waals surface area contributed by atoms with Crippen molar-refractivity contribution in [3.63, 3.8) is 0 Å². The van der Waals surface area contributed by atoms with Gasteiger partial charge in [0.15, 0.2) is 8.32 Å². The topological polar surface area (TPSA) is 36.9 Å². The van der Waals surface area contributed by atoms with E-state index in [0.29, 0.717) is 0 Å². The highest BCUT2D eigenvalue weighted by Crippen LogP contribution is 2.40. The average Bonchev–Trinajstić information content (AvgIpc) is 2.73. The summed E-state index contributed by atoms with van der Waals surface area (Å²) < 4.78 is 23.9. The van der Waals surface area contributed by atoms with Gasteiger partial charge in [-0.2, -0.15) is 0 Å². The Morgan fingerprint density at radius 2 is 1.52 bits per heavy atom. The monoisotopic (exact) mass is 342 g/mol. The Labute approximate surface area is 143 Å². The molecule has 0 radical (unpaired) electrons. The molecule has 0 aromatic carbocycles. The molecule has 0 aliphatic carbocycles. The molecular weight excluding hydrogens is 308 g/mol. The van der Waals surface area contributed by atoms with Crippen molar-refractivity contribution in [2.75, 3.05) is 13.9 Å². The molecule has 4 atom stereocenters. The lowest BCUT2D eigenvalue weighted by Crippen LogP contribution is -2.49. The van der Waals surface area contributed by atoms with Crippen molar-refractivity contribution in [2.45, 2.75) is 77.2 Å². The minimum absolute atomic E-state index is 0.0998. The second-order valence-electron chi connectivity index (χ2n) is 7.50. The molecule has 0 saturated carbocycles. The van der Waals surface area contributed by atoms with E-state index < -0.39 is 8.32 Å². The largest absolute Gasteiger partial charge is 0.408 e. The summed E-state index contributed by atoms with van der Waals surface area (Å²) in [6.07, 6.45) is 7.59. The van der Waals surface area contributed by atoms with Crippen molar-refractivity contribution in [3.05, 3.63) is 24.3 Å². The molecule has 1 aliphatic rings. The molecule has 1 aliphatic heterocycles. The van der Waals surface area contributed by atoms with Crippen molar-refractivity contribution in [1.29, 1.82) is 0 Å². The third-order valence-corrected chi connectivity index (χ3v) is 9.14. The number of ether oxygens (including phenoxy) is 3. The van der Waals surface area contributed by atoms with Gasteiger partial charge in [-0.1, -0.05) is 45.1 Å². The molecular formula is C18H34O4Si. The Morgan fingerprint density at radius 1 is 1.00 bits per heavy atom. The smallest absolute Gasteiger partial charge is 0.192 e. The first-order valence-electron chi connectivity index (χ1n) is 8.37. The third kappa shape index (κ3) is 5.26. The first-order valence-corrected chi connectivity index (χ1v) is 11.3. The number of rotatable bonds is 7. The Hall–Kier alpha value is -0.463. The maximum atomic E-state index is 6.66. The van der Waals surface area contributed by atoms with Crippen LogP contribution in [0.1, 0.15) is 34.6 Å². The lowest BCUT2D eigenvalue weighted by atomic mass is 10.1. The summed E-state index contributed by atoms with van der Waals surface area (Å²) in [6.45, 7) is 15.5. The predicted molar refractivity (Wildman–Crippen MR) is 97.1 cm³/mol. The highest BCUT2D eigenvalue weighted by Gasteiger charge is 2.49. The minimum Gasteiger partial charge on any atom is -0.408 e. The van der Waals surface area contributed by atoms with Crippen LogP contribution in [-0.4, -0.2) is 46.6 Å². The van der Waals surface area contributed by atoms with E-state index in [1.54, 1.807) is 7.11 Å². The van der Waals surface area contributed by atoms with E-state index in [1.807, 2.05) is 32.1 Å². The summed E-state index contributed by atoms with van der Waals surface area (Å²) in [5, 5.41) is 0.137. The maximum Gasteiger partial charge on any atom is 0.192 e.